The maximum Gasteiger partial charge on any atom is 0.254 e. The van der Waals surface area contributed by atoms with Crippen molar-refractivity contribution in [2.24, 2.45) is 0 Å². The zero-order chi connectivity index (χ0) is 19.2. The maximum absolute atomic E-state index is 12.7. The van der Waals surface area contributed by atoms with Crippen LogP contribution in [0.15, 0.2) is 53.1 Å². The SMILES string of the molecule is CCOc1ccc(C(=O)N(CC)Cc2nc(-c3ccc(Cl)cc3)no2)cc1. The number of rotatable bonds is 7. The van der Waals surface area contributed by atoms with E-state index in [9.17, 15) is 4.79 Å². The third-order valence-corrected chi connectivity index (χ3v) is 4.23. The van der Waals surface area contributed by atoms with Gasteiger partial charge in [0.25, 0.3) is 5.91 Å². The van der Waals surface area contributed by atoms with E-state index in [4.69, 9.17) is 20.9 Å². The molecule has 140 valence electrons. The topological polar surface area (TPSA) is 68.5 Å². The maximum atomic E-state index is 12.7. The first kappa shape index (κ1) is 18.9. The van der Waals surface area contributed by atoms with Crippen molar-refractivity contribution in [1.82, 2.24) is 15.0 Å². The van der Waals surface area contributed by atoms with Gasteiger partial charge in [-0.05, 0) is 62.4 Å². The van der Waals surface area contributed by atoms with Gasteiger partial charge in [-0.25, -0.2) is 0 Å². The molecule has 0 bridgehead atoms. The molecule has 3 aromatic rings. The number of benzene rings is 2. The fourth-order valence-electron chi connectivity index (χ4n) is 2.57. The van der Waals surface area contributed by atoms with Gasteiger partial charge in [0.15, 0.2) is 0 Å². The van der Waals surface area contributed by atoms with Crippen LogP contribution in [0.3, 0.4) is 0 Å². The Balaban J connectivity index is 1.71. The van der Waals surface area contributed by atoms with E-state index in [-0.39, 0.29) is 12.5 Å². The monoisotopic (exact) mass is 385 g/mol. The van der Waals surface area contributed by atoms with Gasteiger partial charge < -0.3 is 14.2 Å². The van der Waals surface area contributed by atoms with E-state index in [0.29, 0.717) is 35.5 Å². The Kier molecular flexibility index (Phi) is 6.08. The third-order valence-electron chi connectivity index (χ3n) is 3.98. The van der Waals surface area contributed by atoms with Gasteiger partial charge in [0.05, 0.1) is 6.61 Å². The molecule has 1 aromatic heterocycles. The first-order valence-electron chi connectivity index (χ1n) is 8.71. The van der Waals surface area contributed by atoms with Crippen LogP contribution in [0.1, 0.15) is 30.1 Å². The molecule has 0 spiro atoms. The summed E-state index contributed by atoms with van der Waals surface area (Å²) in [6.45, 7) is 5.17. The highest BCUT2D eigenvalue weighted by Gasteiger charge is 2.18. The lowest BCUT2D eigenvalue weighted by Crippen LogP contribution is -2.30. The number of ether oxygens (including phenoxy) is 1. The molecule has 1 amide bonds. The minimum atomic E-state index is -0.105. The summed E-state index contributed by atoms with van der Waals surface area (Å²) < 4.78 is 10.7. The van der Waals surface area contributed by atoms with E-state index in [1.54, 1.807) is 41.3 Å². The Morgan fingerprint density at radius 3 is 2.44 bits per heavy atom. The van der Waals surface area contributed by atoms with Crippen LogP contribution in [0.5, 0.6) is 5.75 Å². The number of carbonyl (C=O) groups is 1. The second kappa shape index (κ2) is 8.68. The molecular weight excluding hydrogens is 366 g/mol. The van der Waals surface area contributed by atoms with E-state index in [2.05, 4.69) is 10.1 Å². The number of carbonyl (C=O) groups excluding carboxylic acids is 1. The molecule has 0 aliphatic rings. The van der Waals surface area contributed by atoms with Gasteiger partial charge in [-0.1, -0.05) is 16.8 Å². The molecule has 2 aromatic carbocycles. The Labute approximate surface area is 162 Å². The van der Waals surface area contributed by atoms with Crippen LogP contribution in [-0.2, 0) is 6.54 Å². The lowest BCUT2D eigenvalue weighted by molar-refractivity contribution is 0.0734. The first-order valence-corrected chi connectivity index (χ1v) is 9.09. The smallest absolute Gasteiger partial charge is 0.254 e. The average Bonchev–Trinajstić information content (AvgIpc) is 3.15. The fraction of sp³-hybridized carbons (Fsp3) is 0.250. The van der Waals surface area contributed by atoms with E-state index in [1.165, 1.54) is 0 Å². The molecule has 0 fully saturated rings. The van der Waals surface area contributed by atoms with Crippen LogP contribution in [0, 0.1) is 0 Å². The van der Waals surface area contributed by atoms with Gasteiger partial charge >= 0.3 is 0 Å². The van der Waals surface area contributed by atoms with Crippen LogP contribution < -0.4 is 4.74 Å². The highest BCUT2D eigenvalue weighted by Crippen LogP contribution is 2.20. The van der Waals surface area contributed by atoms with E-state index < -0.39 is 0 Å². The molecule has 0 saturated carbocycles. The highest BCUT2D eigenvalue weighted by molar-refractivity contribution is 6.30. The molecule has 6 nitrogen and oxygen atoms in total. The summed E-state index contributed by atoms with van der Waals surface area (Å²) in [6, 6.07) is 14.2. The van der Waals surface area contributed by atoms with E-state index >= 15 is 0 Å². The van der Waals surface area contributed by atoms with Gasteiger partial charge in [0, 0.05) is 22.7 Å². The summed E-state index contributed by atoms with van der Waals surface area (Å²) in [5.41, 5.74) is 1.38. The Bertz CT molecular complexity index is 892. The molecule has 1 heterocycles. The van der Waals surface area contributed by atoms with E-state index in [1.807, 2.05) is 26.0 Å². The molecule has 0 aliphatic heterocycles. The number of hydrogen-bond donors (Lipinski definition) is 0. The molecule has 0 unspecified atom stereocenters. The predicted molar refractivity (Wildman–Crippen MR) is 103 cm³/mol. The summed E-state index contributed by atoms with van der Waals surface area (Å²) in [7, 11) is 0. The summed E-state index contributed by atoms with van der Waals surface area (Å²) in [5.74, 6) is 1.47. The van der Waals surface area contributed by atoms with Crippen molar-refractivity contribution in [1.29, 1.82) is 0 Å². The number of hydrogen-bond acceptors (Lipinski definition) is 5. The molecular formula is C20H20ClN3O3. The fourth-order valence-corrected chi connectivity index (χ4v) is 2.69. The molecule has 0 atom stereocenters. The zero-order valence-corrected chi connectivity index (χ0v) is 15.9. The van der Waals surface area contributed by atoms with Crippen molar-refractivity contribution in [3.8, 4) is 17.1 Å². The van der Waals surface area contributed by atoms with Gasteiger partial charge in [-0.2, -0.15) is 4.98 Å². The number of halogens is 1. The summed E-state index contributed by atoms with van der Waals surface area (Å²) in [6.07, 6.45) is 0. The number of nitrogens with zero attached hydrogens (tertiary/aromatic N) is 3. The van der Waals surface area contributed by atoms with Crippen molar-refractivity contribution < 1.29 is 14.1 Å². The third kappa shape index (κ3) is 4.65. The molecule has 27 heavy (non-hydrogen) atoms. The van der Waals surface area contributed by atoms with Crippen molar-refractivity contribution in [2.75, 3.05) is 13.2 Å². The summed E-state index contributed by atoms with van der Waals surface area (Å²) >= 11 is 5.90. The first-order chi connectivity index (χ1) is 13.1. The standard InChI is InChI=1S/C20H20ClN3O3/c1-3-24(20(25)15-7-11-17(12-8-15)26-4-2)13-18-22-19(23-27-18)14-5-9-16(21)10-6-14/h5-12H,3-4,13H2,1-2H3. The molecule has 0 aliphatic carbocycles. The lowest BCUT2D eigenvalue weighted by Gasteiger charge is -2.19. The zero-order valence-electron chi connectivity index (χ0n) is 15.2. The predicted octanol–water partition coefficient (Wildman–Crippen LogP) is 4.45. The van der Waals surface area contributed by atoms with Crippen LogP contribution >= 0.6 is 11.6 Å². The van der Waals surface area contributed by atoms with Crippen molar-refractivity contribution in [2.45, 2.75) is 20.4 Å². The van der Waals surface area contributed by atoms with Gasteiger partial charge in [-0.3, -0.25) is 4.79 Å². The van der Waals surface area contributed by atoms with Crippen LogP contribution in [0.4, 0.5) is 0 Å². The normalized spacial score (nSPS) is 10.6. The second-order valence-electron chi connectivity index (χ2n) is 5.80. The average molecular weight is 386 g/mol. The number of amides is 1. The van der Waals surface area contributed by atoms with Crippen LogP contribution in [-0.4, -0.2) is 34.1 Å². The highest BCUT2D eigenvalue weighted by atomic mass is 35.5. The minimum absolute atomic E-state index is 0.105. The van der Waals surface area contributed by atoms with Gasteiger partial charge in [0.1, 0.15) is 12.3 Å². The summed E-state index contributed by atoms with van der Waals surface area (Å²) in [4.78, 5) is 18.8. The van der Waals surface area contributed by atoms with Gasteiger partial charge in [0.2, 0.25) is 11.7 Å². The van der Waals surface area contributed by atoms with Crippen molar-refractivity contribution >= 4 is 17.5 Å². The molecule has 3 rings (SSSR count). The molecule has 0 N–H and O–H groups in total. The second-order valence-corrected chi connectivity index (χ2v) is 6.23. The molecule has 0 radical (unpaired) electrons. The van der Waals surface area contributed by atoms with Crippen molar-refractivity contribution in [3.63, 3.8) is 0 Å². The quantitative estimate of drug-likeness (QED) is 0.601. The minimum Gasteiger partial charge on any atom is -0.494 e. The Hall–Kier alpha value is -2.86. The molecule has 0 saturated heterocycles. The van der Waals surface area contributed by atoms with Crippen LogP contribution in [0.25, 0.3) is 11.4 Å². The van der Waals surface area contributed by atoms with E-state index in [0.717, 1.165) is 11.3 Å². The Morgan fingerprint density at radius 2 is 1.81 bits per heavy atom. The van der Waals surface area contributed by atoms with Crippen molar-refractivity contribution in [3.05, 3.63) is 65.0 Å². The number of aromatic nitrogens is 2. The Morgan fingerprint density at radius 1 is 1.11 bits per heavy atom. The van der Waals surface area contributed by atoms with Gasteiger partial charge in [-0.15, -0.1) is 0 Å². The largest absolute Gasteiger partial charge is 0.494 e. The lowest BCUT2D eigenvalue weighted by atomic mass is 10.2. The molecule has 7 heteroatoms. The van der Waals surface area contributed by atoms with Crippen LogP contribution in [0.2, 0.25) is 5.02 Å². The summed E-state index contributed by atoms with van der Waals surface area (Å²) in [5, 5.41) is 4.62.